The van der Waals surface area contributed by atoms with Gasteiger partial charge in [0.1, 0.15) is 11.6 Å². The van der Waals surface area contributed by atoms with Crippen molar-refractivity contribution < 1.29 is 19.0 Å². The van der Waals surface area contributed by atoms with Crippen LogP contribution in [0.4, 0.5) is 4.39 Å². The van der Waals surface area contributed by atoms with Crippen LogP contribution in [0.15, 0.2) is 30.3 Å². The number of halogens is 1. The third-order valence-electron chi connectivity index (χ3n) is 6.59. The SMILES string of the molecule is COc1cc(C#Cc2ccc(CC(=O)O)c(F)c2)cc2c1C(NCC1CC1)CCC2(C)C. The van der Waals surface area contributed by atoms with Crippen LogP contribution >= 0.6 is 0 Å². The lowest BCUT2D eigenvalue weighted by molar-refractivity contribution is -0.136. The lowest BCUT2D eigenvalue weighted by Crippen LogP contribution is -2.34. The number of carboxylic acids is 1. The standard InChI is InChI=1S/C27H30FNO3/c1-27(2)11-10-23(29-16-18-5-6-18)26-21(27)12-19(14-24(26)32-3)7-4-17-8-9-20(15-25(30)31)22(28)13-17/h8-9,12-14,18,23,29H,5-6,10-11,15-16H2,1-3H3,(H,30,31). The first-order chi connectivity index (χ1) is 15.3. The van der Waals surface area contributed by atoms with E-state index in [0.29, 0.717) is 5.56 Å². The van der Waals surface area contributed by atoms with Crippen LogP contribution < -0.4 is 10.1 Å². The van der Waals surface area contributed by atoms with Gasteiger partial charge in [0.05, 0.1) is 13.5 Å². The fourth-order valence-electron chi connectivity index (χ4n) is 4.48. The average Bonchev–Trinajstić information content (AvgIpc) is 3.57. The number of aliphatic carboxylic acids is 1. The normalized spacial score (nSPS) is 18.9. The van der Waals surface area contributed by atoms with E-state index < -0.39 is 11.8 Å². The second-order valence-electron chi connectivity index (χ2n) is 9.59. The Morgan fingerprint density at radius 3 is 2.59 bits per heavy atom. The summed E-state index contributed by atoms with van der Waals surface area (Å²) in [4.78, 5) is 10.8. The highest BCUT2D eigenvalue weighted by atomic mass is 19.1. The zero-order chi connectivity index (χ0) is 22.9. The van der Waals surface area contributed by atoms with Gasteiger partial charge in [0.15, 0.2) is 0 Å². The van der Waals surface area contributed by atoms with E-state index >= 15 is 0 Å². The molecule has 4 nitrogen and oxygen atoms in total. The number of hydrogen-bond donors (Lipinski definition) is 2. The van der Waals surface area contributed by atoms with Gasteiger partial charge in [-0.15, -0.1) is 0 Å². The maximum atomic E-state index is 14.2. The van der Waals surface area contributed by atoms with E-state index in [4.69, 9.17) is 9.84 Å². The molecule has 2 aromatic carbocycles. The fourth-order valence-corrected chi connectivity index (χ4v) is 4.48. The molecule has 1 unspecified atom stereocenters. The number of carbonyl (C=O) groups is 1. The van der Waals surface area contributed by atoms with Crippen LogP contribution in [-0.2, 0) is 16.6 Å². The lowest BCUT2D eigenvalue weighted by atomic mass is 9.70. The third-order valence-corrected chi connectivity index (χ3v) is 6.59. The summed E-state index contributed by atoms with van der Waals surface area (Å²) in [5.41, 5.74) is 4.00. The molecule has 2 aliphatic rings. The van der Waals surface area contributed by atoms with E-state index in [-0.39, 0.29) is 23.4 Å². The minimum Gasteiger partial charge on any atom is -0.496 e. The van der Waals surface area contributed by atoms with Gasteiger partial charge in [-0.3, -0.25) is 4.79 Å². The molecule has 1 saturated carbocycles. The van der Waals surface area contributed by atoms with Crippen LogP contribution in [0.3, 0.4) is 0 Å². The number of methoxy groups -OCH3 is 1. The van der Waals surface area contributed by atoms with Crippen molar-refractivity contribution in [1.82, 2.24) is 5.32 Å². The molecule has 1 atom stereocenters. The van der Waals surface area contributed by atoms with Crippen molar-refractivity contribution in [2.45, 2.75) is 57.4 Å². The molecule has 0 aromatic heterocycles. The molecule has 0 spiro atoms. The van der Waals surface area contributed by atoms with E-state index in [0.717, 1.165) is 36.6 Å². The second-order valence-corrected chi connectivity index (χ2v) is 9.59. The molecule has 1 fully saturated rings. The summed E-state index contributed by atoms with van der Waals surface area (Å²) in [7, 11) is 1.70. The van der Waals surface area contributed by atoms with E-state index in [9.17, 15) is 9.18 Å². The van der Waals surface area contributed by atoms with Gasteiger partial charge >= 0.3 is 5.97 Å². The summed E-state index contributed by atoms with van der Waals surface area (Å²) >= 11 is 0. The van der Waals surface area contributed by atoms with Crippen LogP contribution in [0.1, 0.15) is 73.4 Å². The van der Waals surface area contributed by atoms with Crippen molar-refractivity contribution >= 4 is 5.97 Å². The van der Waals surface area contributed by atoms with Crippen molar-refractivity contribution in [3.8, 4) is 17.6 Å². The number of rotatable bonds is 6. The Bertz CT molecular complexity index is 1090. The number of benzene rings is 2. The quantitative estimate of drug-likeness (QED) is 0.629. The number of nitrogens with one attached hydrogen (secondary N) is 1. The molecular formula is C27H30FNO3. The first-order valence-electron chi connectivity index (χ1n) is 11.2. The van der Waals surface area contributed by atoms with Crippen molar-refractivity contribution in [1.29, 1.82) is 0 Å². The fraction of sp³-hybridized carbons (Fsp3) is 0.444. The second kappa shape index (κ2) is 8.96. The molecule has 5 heteroatoms. The van der Waals surface area contributed by atoms with Gasteiger partial charge in [-0.1, -0.05) is 31.8 Å². The lowest BCUT2D eigenvalue weighted by Gasteiger charge is -2.38. The predicted molar refractivity (Wildman–Crippen MR) is 122 cm³/mol. The third kappa shape index (κ3) is 4.97. The van der Waals surface area contributed by atoms with Gasteiger partial charge in [0.25, 0.3) is 0 Å². The minimum atomic E-state index is -1.06. The number of carboxylic acid groups (broad SMARTS) is 1. The van der Waals surface area contributed by atoms with Gasteiger partial charge in [-0.05, 0) is 79.0 Å². The summed E-state index contributed by atoms with van der Waals surface area (Å²) in [6, 6.07) is 8.83. The Hall–Kier alpha value is -2.84. The average molecular weight is 436 g/mol. The first-order valence-corrected chi connectivity index (χ1v) is 11.2. The molecule has 168 valence electrons. The molecule has 32 heavy (non-hydrogen) atoms. The maximum absolute atomic E-state index is 14.2. The Balaban J connectivity index is 1.65. The number of ether oxygens (including phenoxy) is 1. The molecule has 4 rings (SSSR count). The van der Waals surface area contributed by atoms with Crippen molar-refractivity contribution in [2.24, 2.45) is 5.92 Å². The number of fused-ring (bicyclic) bond motifs is 1. The predicted octanol–water partition coefficient (Wildman–Crippen LogP) is 4.97. The molecule has 0 radical (unpaired) electrons. The number of hydrogen-bond acceptors (Lipinski definition) is 3. The highest BCUT2D eigenvalue weighted by Gasteiger charge is 2.36. The molecule has 0 aliphatic heterocycles. The van der Waals surface area contributed by atoms with Gasteiger partial charge < -0.3 is 15.2 Å². The Morgan fingerprint density at radius 2 is 1.94 bits per heavy atom. The van der Waals surface area contributed by atoms with Crippen molar-refractivity contribution in [2.75, 3.05) is 13.7 Å². The Morgan fingerprint density at radius 1 is 1.19 bits per heavy atom. The smallest absolute Gasteiger partial charge is 0.307 e. The molecule has 0 heterocycles. The molecule has 0 saturated heterocycles. The van der Waals surface area contributed by atoms with E-state index in [1.165, 1.54) is 36.1 Å². The van der Waals surface area contributed by atoms with E-state index in [2.05, 4.69) is 37.1 Å². The van der Waals surface area contributed by atoms with E-state index in [1.807, 2.05) is 6.07 Å². The summed E-state index contributed by atoms with van der Waals surface area (Å²) in [6.45, 7) is 5.57. The maximum Gasteiger partial charge on any atom is 0.307 e. The van der Waals surface area contributed by atoms with Gasteiger partial charge in [-0.25, -0.2) is 4.39 Å². The Labute approximate surface area is 189 Å². The Kier molecular flexibility index (Phi) is 6.26. The molecule has 0 bridgehead atoms. The van der Waals surface area contributed by atoms with Crippen molar-refractivity contribution in [3.05, 3.63) is 64.0 Å². The minimum absolute atomic E-state index is 0.0165. The summed E-state index contributed by atoms with van der Waals surface area (Å²) < 4.78 is 20.0. The highest BCUT2D eigenvalue weighted by Crippen LogP contribution is 2.46. The molecule has 2 aromatic rings. The summed E-state index contributed by atoms with van der Waals surface area (Å²) in [5.74, 6) is 6.22. The van der Waals surface area contributed by atoms with Gasteiger partial charge in [0.2, 0.25) is 0 Å². The molecular weight excluding hydrogens is 405 g/mol. The van der Waals surface area contributed by atoms with Crippen LogP contribution in [0.25, 0.3) is 0 Å². The van der Waals surface area contributed by atoms with E-state index in [1.54, 1.807) is 13.2 Å². The highest BCUT2D eigenvalue weighted by molar-refractivity contribution is 5.70. The van der Waals surface area contributed by atoms with Gasteiger partial charge in [0, 0.05) is 22.7 Å². The molecule has 0 amide bonds. The van der Waals surface area contributed by atoms with Crippen LogP contribution in [0.2, 0.25) is 0 Å². The van der Waals surface area contributed by atoms with Crippen LogP contribution in [0.5, 0.6) is 5.75 Å². The zero-order valence-corrected chi connectivity index (χ0v) is 18.9. The summed E-state index contributed by atoms with van der Waals surface area (Å²) in [6.07, 6.45) is 4.46. The largest absolute Gasteiger partial charge is 0.496 e. The topological polar surface area (TPSA) is 58.6 Å². The van der Waals surface area contributed by atoms with Gasteiger partial charge in [-0.2, -0.15) is 0 Å². The zero-order valence-electron chi connectivity index (χ0n) is 18.9. The molecule has 2 aliphatic carbocycles. The molecule has 2 N–H and O–H groups in total. The van der Waals surface area contributed by atoms with Crippen molar-refractivity contribution in [3.63, 3.8) is 0 Å². The van der Waals surface area contributed by atoms with Crippen LogP contribution in [0, 0.1) is 23.6 Å². The van der Waals surface area contributed by atoms with Crippen LogP contribution in [-0.4, -0.2) is 24.7 Å². The first kappa shape index (κ1) is 22.4. The summed E-state index contributed by atoms with van der Waals surface area (Å²) in [5, 5.41) is 12.6. The monoisotopic (exact) mass is 435 g/mol.